The van der Waals surface area contributed by atoms with Gasteiger partial charge in [-0.3, -0.25) is 33.6 Å². The number of carbonyl (C=O) groups excluding carboxylic acids is 9. The molecule has 1 saturated carbocycles. The van der Waals surface area contributed by atoms with Crippen molar-refractivity contribution < 1.29 is 72.7 Å². The maximum atomic E-state index is 12.8. The van der Waals surface area contributed by atoms with Gasteiger partial charge >= 0.3 is 11.9 Å². The second-order valence-electron chi connectivity index (χ2n) is 24.5. The van der Waals surface area contributed by atoms with E-state index in [4.69, 9.17) is 14.3 Å². The Morgan fingerprint density at radius 1 is 0.723 bits per heavy atom. The molecule has 6 atom stereocenters. The Balaban J connectivity index is -0.000000726. The molecule has 0 radical (unpaired) electrons. The van der Waals surface area contributed by atoms with Crippen molar-refractivity contribution in [3.8, 4) is 0 Å². The fourth-order valence-electron chi connectivity index (χ4n) is 10.4. The number of rotatable bonds is 33. The van der Waals surface area contributed by atoms with Gasteiger partial charge in [-0.05, 0) is 179 Å². The normalized spacial score (nSPS) is 15.6. The molecule has 0 spiro atoms. The van der Waals surface area contributed by atoms with Crippen LogP contribution in [0.1, 0.15) is 274 Å². The average molecular weight is 1330 g/mol. The lowest BCUT2D eigenvalue weighted by Crippen LogP contribution is -2.55. The van der Waals surface area contributed by atoms with Gasteiger partial charge in [0.1, 0.15) is 24.0 Å². The van der Waals surface area contributed by atoms with E-state index < -0.39 is 35.5 Å². The van der Waals surface area contributed by atoms with Crippen molar-refractivity contribution in [1.82, 2.24) is 4.90 Å². The van der Waals surface area contributed by atoms with Gasteiger partial charge in [0.25, 0.3) is 18.2 Å². The van der Waals surface area contributed by atoms with Gasteiger partial charge in [-0.15, -0.1) is 0 Å². The number of anilines is 2. The summed E-state index contributed by atoms with van der Waals surface area (Å²) in [7, 11) is 1.79. The molecule has 2 amide bonds. The highest BCUT2D eigenvalue weighted by molar-refractivity contribution is 6.38. The molecule has 1 aromatic rings. The minimum atomic E-state index is -2.65. The van der Waals surface area contributed by atoms with Crippen LogP contribution in [-0.2, 0) is 52.6 Å². The van der Waals surface area contributed by atoms with Crippen molar-refractivity contribution in [3.05, 3.63) is 69.9 Å². The van der Waals surface area contributed by atoms with Crippen LogP contribution >= 0.6 is 0 Å². The molecule has 4 unspecified atom stereocenters. The van der Waals surface area contributed by atoms with Crippen molar-refractivity contribution in [3.63, 3.8) is 0 Å². The minimum absolute atomic E-state index is 0.0118. The molecule has 2 fully saturated rings. The van der Waals surface area contributed by atoms with Gasteiger partial charge in [0.2, 0.25) is 11.7 Å². The highest BCUT2D eigenvalue weighted by atomic mass is 16.5. The van der Waals surface area contributed by atoms with Crippen molar-refractivity contribution in [2.45, 2.75) is 291 Å². The Hall–Kier alpha value is -6.11. The third-order valence-corrected chi connectivity index (χ3v) is 16.0. The monoisotopic (exact) mass is 1330 g/mol. The highest BCUT2D eigenvalue weighted by Crippen LogP contribution is 2.35. The Labute approximate surface area is 568 Å². The van der Waals surface area contributed by atoms with Gasteiger partial charge in [0, 0.05) is 68.5 Å². The highest BCUT2D eigenvalue weighted by Gasteiger charge is 2.45. The first-order valence-electron chi connectivity index (χ1n) is 35.0. The number of benzene rings is 1. The van der Waals surface area contributed by atoms with Crippen LogP contribution in [-0.4, -0.2) is 125 Å². The number of hydrogen-bond donors (Lipinski definition) is 5. The molecule has 18 nitrogen and oxygen atoms in total. The van der Waals surface area contributed by atoms with Crippen molar-refractivity contribution in [2.24, 2.45) is 29.6 Å². The van der Waals surface area contributed by atoms with E-state index >= 15 is 0 Å². The molecule has 1 aliphatic carbocycles. The molecule has 18 heteroatoms. The van der Waals surface area contributed by atoms with Gasteiger partial charge in [-0.2, -0.15) is 0 Å². The number of ether oxygens (including phenoxy) is 3. The minimum Gasteiger partial charge on any atom is -0.468 e. The Kier molecular flexibility index (Phi) is 56.3. The van der Waals surface area contributed by atoms with E-state index in [9.17, 15) is 53.7 Å². The molecule has 3 rings (SSSR count). The van der Waals surface area contributed by atoms with Crippen molar-refractivity contribution in [1.29, 1.82) is 0 Å². The second-order valence-corrected chi connectivity index (χ2v) is 24.5. The zero-order valence-corrected chi connectivity index (χ0v) is 62.5. The largest absolute Gasteiger partial charge is 0.468 e. The van der Waals surface area contributed by atoms with Gasteiger partial charge in [0.15, 0.2) is 0 Å². The van der Waals surface area contributed by atoms with Crippen LogP contribution in [0.2, 0.25) is 0 Å². The first-order chi connectivity index (χ1) is 44.4. The first-order valence-corrected chi connectivity index (χ1v) is 35.0. The number of aldehydes is 1. The standard InChI is InChI=1S/C38H61NO7.C25H38N2O5.C5H10O2.C2H4O.3C2H6/c1-26(18-12-10-14-20-31(6)38(45,46)36(43)37(44)39-22-16-15-21-32(39)7)17-11-9-13-19-27(2)23-29(4)34(41)25-35(42)30(5)24-28(3)33(8)40;1-16-22(17(2)24(27-19(4)28)18(3)23(16)26-5)25(30)31-15-11-7-10-14-21(29)32-20-12-8-6-9-13-20;1-5(2)3-7-4-6;1-2-3;3*1-2/h9,11,13,17,19,24,27-29,31-32,35,42,45-46H,10,12,14-16,18,20-23,25H2,1-8H3;20,26H,6-15H2,1-5H3,(H,27,28);4-5H,3H2,1-2H3;2H,1H3;3*1-2H3/b11-9+,19-13+,26-17+,30-24+;;;;;;/t27-,28-,29?,31?,32?,35?;;;;;;/m1....../s1. The number of esters is 2. The molecule has 2 aliphatic rings. The summed E-state index contributed by atoms with van der Waals surface area (Å²) in [5.74, 6) is -5.79. The summed E-state index contributed by atoms with van der Waals surface area (Å²) >= 11 is 0. The van der Waals surface area contributed by atoms with Crippen LogP contribution < -0.4 is 10.6 Å². The summed E-state index contributed by atoms with van der Waals surface area (Å²) in [5.41, 5.74) is 6.17. The molecular weight excluding hydrogens is 1190 g/mol. The van der Waals surface area contributed by atoms with E-state index in [1.54, 1.807) is 33.9 Å². The quantitative estimate of drug-likeness (QED) is 0.00640. The summed E-state index contributed by atoms with van der Waals surface area (Å²) in [6.45, 7) is 40.8. The summed E-state index contributed by atoms with van der Waals surface area (Å²) in [6.07, 6.45) is 27.1. The average Bonchev–Trinajstić information content (AvgIpc) is 0.790. The molecule has 5 N–H and O–H groups in total. The Bertz CT molecular complexity index is 2470. The number of ketones is 3. The number of aliphatic hydroxyl groups excluding tert-OH is 1. The summed E-state index contributed by atoms with van der Waals surface area (Å²) in [5, 5.41) is 37.4. The fourth-order valence-corrected chi connectivity index (χ4v) is 10.4. The number of unbranched alkanes of at least 4 members (excludes halogenated alkanes) is 4. The summed E-state index contributed by atoms with van der Waals surface area (Å²) < 4.78 is 15.5. The van der Waals surface area contributed by atoms with Gasteiger partial charge < -0.3 is 49.9 Å². The molecule has 1 heterocycles. The number of aliphatic hydroxyl groups is 3. The van der Waals surface area contributed by atoms with Crippen LogP contribution in [0.15, 0.2) is 47.6 Å². The number of nitrogens with one attached hydrogen (secondary N) is 2. The second kappa shape index (κ2) is 56.1. The molecule has 540 valence electrons. The smallest absolute Gasteiger partial charge is 0.338 e. The van der Waals surface area contributed by atoms with E-state index in [1.165, 1.54) is 37.7 Å². The van der Waals surface area contributed by atoms with Gasteiger partial charge in [-0.25, -0.2) is 4.79 Å². The van der Waals surface area contributed by atoms with Crippen LogP contribution in [0.25, 0.3) is 0 Å². The number of allylic oxidation sites excluding steroid dienone is 7. The van der Waals surface area contributed by atoms with Gasteiger partial charge in [0.05, 0.1) is 24.9 Å². The summed E-state index contributed by atoms with van der Waals surface area (Å²) in [4.78, 5) is 106. The first kappa shape index (κ1) is 94.3. The van der Waals surface area contributed by atoms with E-state index in [0.717, 1.165) is 107 Å². The SMILES string of the molecule is CC.CC.CC.CC(=O)[C@H](C)/C=C(\C)C(O)CC(=O)C(C)C[C@H](C)/C=C/C=C/C=C(\C)CCCCCC(C)C(O)(O)C(=O)C(=O)N1CCCCC1C.CC(C)COC=O.CC=O.CNc1c(C)c(NC(C)=O)c(C)c(C(=O)OCCCCCC(=O)OC2CCCCC2)c1C. The zero-order chi connectivity index (χ0) is 73.1. The lowest BCUT2D eigenvalue weighted by Gasteiger charge is -2.35. The predicted molar refractivity (Wildman–Crippen MR) is 383 cm³/mol. The zero-order valence-electron chi connectivity index (χ0n) is 62.5. The Morgan fingerprint density at radius 3 is 1.82 bits per heavy atom. The molecular formula is C76H131N3O15. The molecule has 0 bridgehead atoms. The van der Waals surface area contributed by atoms with E-state index in [1.807, 2.05) is 108 Å². The van der Waals surface area contributed by atoms with E-state index in [2.05, 4.69) is 41.4 Å². The topological polar surface area (TPSA) is 269 Å². The number of nitrogens with zero attached hydrogens (tertiary/aromatic N) is 1. The maximum absolute atomic E-state index is 12.8. The number of Topliss-reactive ketones (excluding diaryl/α,β-unsaturated/α-hetero) is 3. The molecule has 94 heavy (non-hydrogen) atoms. The van der Waals surface area contributed by atoms with Crippen LogP contribution in [0.4, 0.5) is 11.4 Å². The number of carbonyl (C=O) groups is 9. The van der Waals surface area contributed by atoms with Crippen molar-refractivity contribution in [2.75, 3.05) is 37.4 Å². The maximum Gasteiger partial charge on any atom is 0.338 e. The lowest BCUT2D eigenvalue weighted by molar-refractivity contribution is -0.205. The fraction of sp³-hybridized carbons (Fsp3) is 0.697. The molecule has 0 aromatic heterocycles. The van der Waals surface area contributed by atoms with E-state index in [-0.39, 0.29) is 66.4 Å². The Morgan fingerprint density at radius 2 is 1.29 bits per heavy atom. The molecule has 1 aromatic carbocycles. The van der Waals surface area contributed by atoms with Crippen molar-refractivity contribution >= 4 is 65.2 Å². The number of amides is 2. The van der Waals surface area contributed by atoms with Crippen LogP contribution in [0.5, 0.6) is 0 Å². The number of likely N-dealkylation sites (tertiary alicyclic amines) is 1. The van der Waals surface area contributed by atoms with Gasteiger partial charge in [-0.1, -0.05) is 144 Å². The number of hydrogen-bond acceptors (Lipinski definition) is 16. The van der Waals surface area contributed by atoms with Crippen LogP contribution in [0, 0.1) is 50.4 Å². The predicted octanol–water partition coefficient (Wildman–Crippen LogP) is 15.7. The lowest BCUT2D eigenvalue weighted by atomic mass is 9.89. The summed E-state index contributed by atoms with van der Waals surface area (Å²) in [6, 6.07) is -0.0668. The van der Waals surface area contributed by atoms with E-state index in [0.29, 0.717) is 73.6 Å². The third kappa shape index (κ3) is 40.3. The third-order valence-electron chi connectivity index (χ3n) is 16.0. The van der Waals surface area contributed by atoms with Crippen LogP contribution in [0.3, 0.4) is 0 Å². The molecule has 1 saturated heterocycles. The number of piperidine rings is 1. The molecule has 1 aliphatic heterocycles.